The van der Waals surface area contributed by atoms with Gasteiger partial charge in [-0.05, 0) is 12.2 Å². The molecule has 0 saturated heterocycles. The molecule has 0 aliphatic rings. The lowest BCUT2D eigenvalue weighted by molar-refractivity contribution is -0.106. The number of rotatable bonds is 2. The Morgan fingerprint density at radius 3 is 1.33 bits per heavy atom. The van der Waals surface area contributed by atoms with Gasteiger partial charge in [-0.15, -0.1) is 0 Å². The van der Waals surface area contributed by atoms with Crippen LogP contribution in [0, 0.1) is 0 Å². The quantitative estimate of drug-likeness (QED) is 0.347. The summed E-state index contributed by atoms with van der Waals surface area (Å²) in [4.78, 5) is 18.6. The Balaban J connectivity index is 3.17. The van der Waals surface area contributed by atoms with Crippen molar-refractivity contribution in [1.82, 2.24) is 0 Å². The van der Waals surface area contributed by atoms with Crippen molar-refractivity contribution in [3.8, 4) is 0 Å². The molecule has 2 nitrogen and oxygen atoms in total. The molecule has 0 heterocycles. The van der Waals surface area contributed by atoms with Gasteiger partial charge in [0.25, 0.3) is 0 Å². The molecular formula is C4H4O2. The van der Waals surface area contributed by atoms with E-state index < -0.39 is 0 Å². The number of carbonyl (C=O) groups excluding carboxylic acids is 2. The van der Waals surface area contributed by atoms with Crippen molar-refractivity contribution in [1.29, 1.82) is 0 Å². The van der Waals surface area contributed by atoms with Gasteiger partial charge in [0.15, 0.2) is 0 Å². The summed E-state index contributed by atoms with van der Waals surface area (Å²) in [6.45, 7) is 0. The van der Waals surface area contributed by atoms with Gasteiger partial charge in [0.05, 0.1) is 0 Å². The van der Waals surface area contributed by atoms with Crippen molar-refractivity contribution in [3.05, 3.63) is 12.2 Å². The molecule has 32 valence electrons. The molecule has 0 radical (unpaired) electrons. The van der Waals surface area contributed by atoms with Crippen molar-refractivity contribution in [2.75, 3.05) is 0 Å². The summed E-state index contributed by atoms with van der Waals surface area (Å²) in [7, 11) is 0. The van der Waals surface area contributed by atoms with Gasteiger partial charge in [0.1, 0.15) is 12.6 Å². The molecule has 0 aromatic rings. The van der Waals surface area contributed by atoms with Gasteiger partial charge < -0.3 is 0 Å². The average Bonchev–Trinajstić information content (AvgIpc) is 1.61. The van der Waals surface area contributed by atoms with E-state index in [-0.39, 0.29) is 0 Å². The van der Waals surface area contributed by atoms with Gasteiger partial charge in [-0.2, -0.15) is 0 Å². The van der Waals surface area contributed by atoms with Crippen LogP contribution >= 0.6 is 0 Å². The van der Waals surface area contributed by atoms with Crippen molar-refractivity contribution in [2.45, 2.75) is 0 Å². The third-order valence-electron chi connectivity index (χ3n) is 0.268. The molecule has 0 rings (SSSR count). The first-order chi connectivity index (χ1) is 2.91. The van der Waals surface area contributed by atoms with Crippen LogP contribution < -0.4 is 0 Å². The molecule has 0 N–H and O–H groups in total. The number of carbonyl (C=O) groups is 2. The summed E-state index contributed by atoms with van der Waals surface area (Å²) in [5, 5.41) is 0. The molecule has 0 aliphatic heterocycles. The van der Waals surface area contributed by atoms with Crippen molar-refractivity contribution >= 4 is 12.6 Å². The maximum Gasteiger partial charge on any atom is 0.142 e. The van der Waals surface area contributed by atoms with Crippen LogP contribution in [0.25, 0.3) is 0 Å². The van der Waals surface area contributed by atoms with E-state index in [9.17, 15) is 9.59 Å². The normalized spacial score (nSPS) is 8.67. The van der Waals surface area contributed by atoms with Crippen molar-refractivity contribution in [2.24, 2.45) is 0 Å². The highest BCUT2D eigenvalue weighted by atomic mass is 16.1. The zero-order valence-corrected chi connectivity index (χ0v) is 3.13. The Labute approximate surface area is 35.5 Å². The van der Waals surface area contributed by atoms with Crippen LogP contribution in [0.5, 0.6) is 0 Å². The van der Waals surface area contributed by atoms with Gasteiger partial charge >= 0.3 is 0 Å². The lowest BCUT2D eigenvalue weighted by Gasteiger charge is -1.52. The third-order valence-corrected chi connectivity index (χ3v) is 0.268. The molecule has 0 amide bonds. The highest BCUT2D eigenvalue weighted by molar-refractivity contribution is 5.75. The predicted molar refractivity (Wildman–Crippen MR) is 21.3 cm³/mol. The molecule has 0 spiro atoms. The fourth-order valence-corrected chi connectivity index (χ4v) is 0.0907. The van der Waals surface area contributed by atoms with Gasteiger partial charge in [0.2, 0.25) is 0 Å². The molecular weight excluding hydrogens is 80.0 g/mol. The SMILES string of the molecule is O=C/C=C/C=O. The average molecular weight is 84.1 g/mol. The van der Waals surface area contributed by atoms with Crippen LogP contribution in [0.3, 0.4) is 0 Å². The summed E-state index contributed by atoms with van der Waals surface area (Å²) >= 11 is 0. The van der Waals surface area contributed by atoms with E-state index in [0.29, 0.717) is 12.6 Å². The van der Waals surface area contributed by atoms with Gasteiger partial charge in [-0.3, -0.25) is 9.59 Å². The number of hydrogen-bond donors (Lipinski definition) is 0. The second-order valence-corrected chi connectivity index (χ2v) is 0.657. The first-order valence-corrected chi connectivity index (χ1v) is 1.47. The standard InChI is InChI=1S/C4H4O2/c5-3-1-2-4-6/h1-4H/b2-1+. The monoisotopic (exact) mass is 84.0 g/mol. The molecule has 0 atom stereocenters. The van der Waals surface area contributed by atoms with E-state index in [2.05, 4.69) is 0 Å². The number of aldehydes is 2. The smallest absolute Gasteiger partial charge is 0.142 e. The van der Waals surface area contributed by atoms with Gasteiger partial charge in [-0.25, -0.2) is 0 Å². The molecule has 0 bridgehead atoms. The number of hydrogen-bond acceptors (Lipinski definition) is 2. The molecule has 0 aromatic carbocycles. The lowest BCUT2D eigenvalue weighted by atomic mass is 10.6. The minimum atomic E-state index is 0.550. The van der Waals surface area contributed by atoms with Crippen molar-refractivity contribution in [3.63, 3.8) is 0 Å². The highest BCUT2D eigenvalue weighted by Gasteiger charge is 1.56. The van der Waals surface area contributed by atoms with E-state index in [1.165, 1.54) is 0 Å². The van der Waals surface area contributed by atoms with E-state index in [1.54, 1.807) is 0 Å². The molecule has 0 unspecified atom stereocenters. The summed E-state index contributed by atoms with van der Waals surface area (Å²) in [6, 6.07) is 0. The zero-order valence-electron chi connectivity index (χ0n) is 3.13. The van der Waals surface area contributed by atoms with Crippen molar-refractivity contribution < 1.29 is 9.59 Å². The molecule has 0 saturated carbocycles. The van der Waals surface area contributed by atoms with Gasteiger partial charge in [0, 0.05) is 0 Å². The van der Waals surface area contributed by atoms with Crippen LogP contribution in [-0.2, 0) is 9.59 Å². The lowest BCUT2D eigenvalue weighted by Crippen LogP contribution is -1.59. The van der Waals surface area contributed by atoms with Crippen LogP contribution in [0.1, 0.15) is 0 Å². The van der Waals surface area contributed by atoms with Gasteiger partial charge in [-0.1, -0.05) is 0 Å². The summed E-state index contributed by atoms with van der Waals surface area (Å²) < 4.78 is 0. The molecule has 2 heteroatoms. The third kappa shape index (κ3) is 3.08. The van der Waals surface area contributed by atoms with Crippen LogP contribution in [-0.4, -0.2) is 12.6 Å². The number of allylic oxidation sites excluding steroid dienone is 2. The predicted octanol–water partition coefficient (Wildman–Crippen LogP) is -0.0596. The Morgan fingerprint density at radius 1 is 0.833 bits per heavy atom. The molecule has 0 aromatic heterocycles. The Bertz CT molecular complexity index is 63.6. The summed E-state index contributed by atoms with van der Waals surface area (Å²) in [5.74, 6) is 0. The minimum Gasteiger partial charge on any atom is -0.299 e. The Hall–Kier alpha value is -0.920. The summed E-state index contributed by atoms with van der Waals surface area (Å²) in [6.07, 6.45) is 3.36. The largest absolute Gasteiger partial charge is 0.299 e. The fourth-order valence-electron chi connectivity index (χ4n) is 0.0907. The highest BCUT2D eigenvalue weighted by Crippen LogP contribution is 1.53. The molecule has 0 aliphatic carbocycles. The van der Waals surface area contributed by atoms with Crippen LogP contribution in [0.2, 0.25) is 0 Å². The topological polar surface area (TPSA) is 34.1 Å². The molecule has 6 heavy (non-hydrogen) atoms. The Kier molecular flexibility index (Phi) is 3.45. The van der Waals surface area contributed by atoms with E-state index in [1.807, 2.05) is 0 Å². The fraction of sp³-hybridized carbons (Fsp3) is 0. The van der Waals surface area contributed by atoms with E-state index >= 15 is 0 Å². The minimum absolute atomic E-state index is 0.550. The first-order valence-electron chi connectivity index (χ1n) is 1.47. The second kappa shape index (κ2) is 4.08. The Morgan fingerprint density at radius 2 is 1.17 bits per heavy atom. The second-order valence-electron chi connectivity index (χ2n) is 0.657. The van der Waals surface area contributed by atoms with E-state index in [0.717, 1.165) is 12.2 Å². The maximum atomic E-state index is 9.32. The van der Waals surface area contributed by atoms with E-state index in [4.69, 9.17) is 0 Å². The first kappa shape index (κ1) is 5.08. The van der Waals surface area contributed by atoms with Crippen LogP contribution in [0.15, 0.2) is 12.2 Å². The molecule has 0 fully saturated rings. The summed E-state index contributed by atoms with van der Waals surface area (Å²) in [5.41, 5.74) is 0. The maximum absolute atomic E-state index is 9.32. The zero-order chi connectivity index (χ0) is 4.83. The van der Waals surface area contributed by atoms with Crippen LogP contribution in [0.4, 0.5) is 0 Å².